The number of imidazole rings is 1. The van der Waals surface area contributed by atoms with Crippen LogP contribution in [0.15, 0.2) is 36.9 Å². The molecule has 3 heterocycles. The maximum atomic E-state index is 5.93. The van der Waals surface area contributed by atoms with Crippen molar-refractivity contribution in [2.75, 3.05) is 0 Å². The van der Waals surface area contributed by atoms with Gasteiger partial charge >= 0.3 is 0 Å². The van der Waals surface area contributed by atoms with Crippen molar-refractivity contribution in [3.8, 4) is 0 Å². The van der Waals surface area contributed by atoms with Gasteiger partial charge in [0.15, 0.2) is 5.65 Å². The van der Waals surface area contributed by atoms with E-state index in [-0.39, 0.29) is 0 Å². The quantitative estimate of drug-likeness (QED) is 0.675. The molecule has 0 aliphatic rings. The van der Waals surface area contributed by atoms with E-state index in [0.29, 0.717) is 12.4 Å². The molecule has 18 heavy (non-hydrogen) atoms. The van der Waals surface area contributed by atoms with E-state index >= 15 is 0 Å². The zero-order valence-corrected chi connectivity index (χ0v) is 10.2. The number of halogens is 1. The first-order chi connectivity index (χ1) is 8.88. The largest absolute Gasteiger partial charge is 0.306 e. The van der Waals surface area contributed by atoms with E-state index in [0.717, 1.165) is 22.7 Å². The van der Waals surface area contributed by atoms with Gasteiger partial charge in [-0.1, -0.05) is 0 Å². The maximum absolute atomic E-state index is 5.93. The van der Waals surface area contributed by atoms with Crippen LogP contribution in [0.2, 0.25) is 0 Å². The molecule has 0 spiro atoms. The van der Waals surface area contributed by atoms with Gasteiger partial charge < -0.3 is 4.57 Å². The van der Waals surface area contributed by atoms with E-state index in [2.05, 4.69) is 19.9 Å². The van der Waals surface area contributed by atoms with Crippen molar-refractivity contribution in [1.82, 2.24) is 24.5 Å². The van der Waals surface area contributed by atoms with Crippen molar-refractivity contribution in [2.24, 2.45) is 0 Å². The summed E-state index contributed by atoms with van der Waals surface area (Å²) >= 11 is 5.93. The number of aromatic nitrogens is 5. The first kappa shape index (κ1) is 11.1. The standard InChI is InChI=1S/C12H10ClN5/c13-6-11-17-10-2-1-4-15-12(10)18(11)7-9-3-5-14-8-16-9/h1-5,8H,6-7H2. The Bertz CT molecular complexity index is 665. The summed E-state index contributed by atoms with van der Waals surface area (Å²) in [5.74, 6) is 1.14. The highest BCUT2D eigenvalue weighted by atomic mass is 35.5. The number of fused-ring (bicyclic) bond motifs is 1. The molecule has 0 radical (unpaired) electrons. The number of hydrogen-bond acceptors (Lipinski definition) is 4. The van der Waals surface area contributed by atoms with Crippen LogP contribution in [0.25, 0.3) is 11.2 Å². The molecule has 0 atom stereocenters. The van der Waals surface area contributed by atoms with Gasteiger partial charge in [-0.2, -0.15) is 0 Å². The molecule has 6 heteroatoms. The van der Waals surface area contributed by atoms with Crippen LogP contribution in [0.3, 0.4) is 0 Å². The minimum absolute atomic E-state index is 0.349. The predicted octanol–water partition coefficient (Wildman–Crippen LogP) is 2.01. The number of nitrogens with zero attached hydrogens (tertiary/aromatic N) is 5. The Balaban J connectivity index is 2.10. The van der Waals surface area contributed by atoms with Crippen LogP contribution < -0.4 is 0 Å². The lowest BCUT2D eigenvalue weighted by molar-refractivity contribution is 0.747. The van der Waals surface area contributed by atoms with Crippen LogP contribution in [-0.4, -0.2) is 24.5 Å². The minimum atomic E-state index is 0.349. The van der Waals surface area contributed by atoms with Crippen LogP contribution in [0.4, 0.5) is 0 Å². The molecule has 0 amide bonds. The fraction of sp³-hybridized carbons (Fsp3) is 0.167. The van der Waals surface area contributed by atoms with Crippen molar-refractivity contribution in [3.63, 3.8) is 0 Å². The summed E-state index contributed by atoms with van der Waals surface area (Å²) in [5, 5.41) is 0. The van der Waals surface area contributed by atoms with Crippen molar-refractivity contribution in [2.45, 2.75) is 12.4 Å². The number of hydrogen-bond donors (Lipinski definition) is 0. The SMILES string of the molecule is ClCc1nc2cccnc2n1Cc1ccncn1. The first-order valence-electron chi connectivity index (χ1n) is 5.49. The summed E-state index contributed by atoms with van der Waals surface area (Å²) in [6.45, 7) is 0.595. The van der Waals surface area contributed by atoms with Crippen molar-refractivity contribution in [1.29, 1.82) is 0 Å². The molecule has 5 nitrogen and oxygen atoms in total. The molecule has 0 aliphatic heterocycles. The second-order valence-corrected chi connectivity index (χ2v) is 4.06. The van der Waals surface area contributed by atoms with Crippen molar-refractivity contribution in [3.05, 3.63) is 48.4 Å². The topological polar surface area (TPSA) is 56.5 Å². The molecule has 0 fully saturated rings. The lowest BCUT2D eigenvalue weighted by atomic mass is 10.4. The highest BCUT2D eigenvalue weighted by Gasteiger charge is 2.11. The van der Waals surface area contributed by atoms with E-state index in [1.165, 1.54) is 6.33 Å². The maximum Gasteiger partial charge on any atom is 0.160 e. The van der Waals surface area contributed by atoms with Crippen LogP contribution in [-0.2, 0) is 12.4 Å². The van der Waals surface area contributed by atoms with Gasteiger partial charge in [-0.05, 0) is 18.2 Å². The third kappa shape index (κ3) is 1.93. The normalized spacial score (nSPS) is 10.9. The van der Waals surface area contributed by atoms with E-state index in [1.54, 1.807) is 12.4 Å². The number of alkyl halides is 1. The number of pyridine rings is 1. The first-order valence-corrected chi connectivity index (χ1v) is 6.03. The van der Waals surface area contributed by atoms with Gasteiger partial charge in [0.1, 0.15) is 17.7 Å². The Morgan fingerprint density at radius 1 is 1.17 bits per heavy atom. The van der Waals surface area contributed by atoms with Gasteiger partial charge in [0.2, 0.25) is 0 Å². The Morgan fingerprint density at radius 2 is 2.11 bits per heavy atom. The molecule has 0 aliphatic carbocycles. The fourth-order valence-electron chi connectivity index (χ4n) is 1.85. The Kier molecular flexibility index (Phi) is 2.90. The van der Waals surface area contributed by atoms with Crippen molar-refractivity contribution >= 4 is 22.8 Å². The van der Waals surface area contributed by atoms with E-state index in [1.807, 2.05) is 22.8 Å². The average molecular weight is 260 g/mol. The number of rotatable bonds is 3. The van der Waals surface area contributed by atoms with E-state index < -0.39 is 0 Å². The predicted molar refractivity (Wildman–Crippen MR) is 68.2 cm³/mol. The van der Waals surface area contributed by atoms with Gasteiger partial charge in [-0.25, -0.2) is 19.9 Å². The monoisotopic (exact) mass is 259 g/mol. The molecule has 0 unspecified atom stereocenters. The van der Waals surface area contributed by atoms with Crippen LogP contribution in [0.5, 0.6) is 0 Å². The van der Waals surface area contributed by atoms with E-state index in [9.17, 15) is 0 Å². The van der Waals surface area contributed by atoms with Gasteiger partial charge in [-0.3, -0.25) is 0 Å². The summed E-state index contributed by atoms with van der Waals surface area (Å²) < 4.78 is 1.98. The van der Waals surface area contributed by atoms with Crippen LogP contribution in [0, 0.1) is 0 Å². The van der Waals surface area contributed by atoms with Crippen LogP contribution >= 0.6 is 11.6 Å². The van der Waals surface area contributed by atoms with Gasteiger partial charge in [-0.15, -0.1) is 11.6 Å². The lowest BCUT2D eigenvalue weighted by Gasteiger charge is -2.05. The van der Waals surface area contributed by atoms with Gasteiger partial charge in [0, 0.05) is 12.4 Å². The molecular formula is C12H10ClN5. The highest BCUT2D eigenvalue weighted by molar-refractivity contribution is 6.16. The smallest absolute Gasteiger partial charge is 0.160 e. The summed E-state index contributed by atoms with van der Waals surface area (Å²) in [6.07, 6.45) is 5.00. The minimum Gasteiger partial charge on any atom is -0.306 e. The second kappa shape index (κ2) is 4.70. The summed E-state index contributed by atoms with van der Waals surface area (Å²) in [4.78, 5) is 16.9. The molecule has 3 aromatic heterocycles. The lowest BCUT2D eigenvalue weighted by Crippen LogP contribution is -2.06. The Morgan fingerprint density at radius 3 is 2.89 bits per heavy atom. The average Bonchev–Trinajstić information content (AvgIpc) is 2.78. The van der Waals surface area contributed by atoms with Crippen LogP contribution in [0.1, 0.15) is 11.5 Å². The zero-order valence-electron chi connectivity index (χ0n) is 9.49. The third-order valence-corrected chi connectivity index (χ3v) is 2.90. The molecule has 3 aromatic rings. The molecular weight excluding hydrogens is 250 g/mol. The summed E-state index contributed by atoms with van der Waals surface area (Å²) in [6, 6.07) is 5.66. The molecule has 0 N–H and O–H groups in total. The molecule has 0 aromatic carbocycles. The second-order valence-electron chi connectivity index (χ2n) is 3.79. The molecule has 3 rings (SSSR count). The highest BCUT2D eigenvalue weighted by Crippen LogP contribution is 2.16. The van der Waals surface area contributed by atoms with Crippen molar-refractivity contribution < 1.29 is 0 Å². The Hall–Kier alpha value is -2.01. The molecule has 0 saturated heterocycles. The molecule has 0 bridgehead atoms. The summed E-state index contributed by atoms with van der Waals surface area (Å²) in [5.41, 5.74) is 2.58. The molecule has 0 saturated carbocycles. The van der Waals surface area contributed by atoms with Gasteiger partial charge in [0.25, 0.3) is 0 Å². The Labute approximate surface area is 109 Å². The molecule has 90 valence electrons. The van der Waals surface area contributed by atoms with E-state index in [4.69, 9.17) is 11.6 Å². The zero-order chi connectivity index (χ0) is 12.4. The third-order valence-electron chi connectivity index (χ3n) is 2.67. The fourth-order valence-corrected chi connectivity index (χ4v) is 2.05. The van der Waals surface area contributed by atoms with Gasteiger partial charge in [0.05, 0.1) is 18.1 Å². The summed E-state index contributed by atoms with van der Waals surface area (Å²) in [7, 11) is 0.